The molecule has 0 aromatic heterocycles. The monoisotopic (exact) mass is 456 g/mol. The lowest BCUT2D eigenvalue weighted by atomic mass is 10.0. The molecule has 1 heterocycles. The summed E-state index contributed by atoms with van der Waals surface area (Å²) in [6.45, 7) is 7.35. The zero-order valence-electron chi connectivity index (χ0n) is 18.6. The fraction of sp³-hybridized carbons (Fsp3) is 0.375. The maximum Gasteiger partial charge on any atom is 0.321 e. The summed E-state index contributed by atoms with van der Waals surface area (Å²) in [6.07, 6.45) is 0. The molecule has 1 saturated heterocycles. The normalized spacial score (nSPS) is 14.8. The highest BCUT2D eigenvalue weighted by Gasteiger charge is 2.32. The third-order valence-corrected chi connectivity index (χ3v) is 5.96. The zero-order chi connectivity index (χ0) is 23.3. The van der Waals surface area contributed by atoms with Crippen LogP contribution in [0.2, 0.25) is 5.02 Å². The lowest BCUT2D eigenvalue weighted by Gasteiger charge is -2.37. The van der Waals surface area contributed by atoms with Gasteiger partial charge in [0.25, 0.3) is 5.91 Å². The van der Waals surface area contributed by atoms with Crippen molar-refractivity contribution in [3.05, 3.63) is 64.7 Å². The molecular weight excluding hydrogens is 428 g/mol. The Morgan fingerprint density at radius 3 is 2.16 bits per heavy atom. The van der Waals surface area contributed by atoms with Crippen LogP contribution in [0.4, 0.5) is 10.5 Å². The van der Waals surface area contributed by atoms with Gasteiger partial charge in [0.15, 0.2) is 0 Å². The first-order valence-corrected chi connectivity index (χ1v) is 11.1. The third kappa shape index (κ3) is 5.79. The maximum absolute atomic E-state index is 13.1. The van der Waals surface area contributed by atoms with Gasteiger partial charge in [-0.1, -0.05) is 49.7 Å². The Kier molecular flexibility index (Phi) is 7.75. The fourth-order valence-electron chi connectivity index (χ4n) is 3.53. The van der Waals surface area contributed by atoms with Gasteiger partial charge in [-0.2, -0.15) is 0 Å². The molecular formula is C24H29ClN4O3. The zero-order valence-corrected chi connectivity index (χ0v) is 19.4. The average molecular weight is 457 g/mol. The highest BCUT2D eigenvalue weighted by molar-refractivity contribution is 6.31. The molecule has 7 nitrogen and oxygen atoms in total. The van der Waals surface area contributed by atoms with Gasteiger partial charge >= 0.3 is 6.03 Å². The van der Waals surface area contributed by atoms with Crippen LogP contribution in [0.15, 0.2) is 48.5 Å². The molecule has 3 rings (SSSR count). The minimum Gasteiger partial charge on any atom is -0.340 e. The van der Waals surface area contributed by atoms with E-state index in [2.05, 4.69) is 10.6 Å². The number of carbonyl (C=O) groups is 3. The molecule has 2 aromatic carbocycles. The van der Waals surface area contributed by atoms with Gasteiger partial charge in [0.1, 0.15) is 6.04 Å². The maximum atomic E-state index is 13.1. The molecule has 1 aliphatic rings. The molecule has 0 saturated carbocycles. The van der Waals surface area contributed by atoms with Crippen molar-refractivity contribution >= 4 is 35.1 Å². The largest absolute Gasteiger partial charge is 0.340 e. The van der Waals surface area contributed by atoms with Gasteiger partial charge in [-0.3, -0.25) is 9.59 Å². The standard InChI is InChI=1S/C24H29ClN4O3/c1-16(2)21(27-22(30)18-7-5-4-6-8-18)23(31)28-11-13-29(14-12-28)24(32)26-19-10-9-17(3)20(25)15-19/h4-10,15-16,21H,11-14H2,1-3H3,(H,26,32)(H,27,30). The Morgan fingerprint density at radius 2 is 1.56 bits per heavy atom. The van der Waals surface area contributed by atoms with E-state index in [1.54, 1.807) is 40.1 Å². The van der Waals surface area contributed by atoms with Crippen molar-refractivity contribution < 1.29 is 14.4 Å². The number of hydrogen-bond donors (Lipinski definition) is 2. The number of hydrogen-bond acceptors (Lipinski definition) is 3. The number of nitrogens with one attached hydrogen (secondary N) is 2. The van der Waals surface area contributed by atoms with Gasteiger partial charge in [0.2, 0.25) is 5.91 Å². The molecule has 1 aliphatic heterocycles. The number of rotatable bonds is 5. The average Bonchev–Trinajstić information content (AvgIpc) is 2.79. The first-order chi connectivity index (χ1) is 15.3. The van der Waals surface area contributed by atoms with Gasteiger partial charge in [0.05, 0.1) is 0 Å². The lowest BCUT2D eigenvalue weighted by Crippen LogP contribution is -2.57. The second-order valence-corrected chi connectivity index (χ2v) is 8.67. The molecule has 0 radical (unpaired) electrons. The summed E-state index contributed by atoms with van der Waals surface area (Å²) in [5, 5.41) is 6.31. The van der Waals surface area contributed by atoms with E-state index in [9.17, 15) is 14.4 Å². The summed E-state index contributed by atoms with van der Waals surface area (Å²) in [4.78, 5) is 41.7. The minimum absolute atomic E-state index is 0.0669. The number of benzene rings is 2. The molecule has 4 amide bonds. The van der Waals surface area contributed by atoms with Crippen LogP contribution in [0.1, 0.15) is 29.8 Å². The molecule has 0 spiro atoms. The van der Waals surface area contributed by atoms with Crippen molar-refractivity contribution in [2.24, 2.45) is 5.92 Å². The lowest BCUT2D eigenvalue weighted by molar-refractivity contribution is -0.135. The first kappa shape index (κ1) is 23.6. The first-order valence-electron chi connectivity index (χ1n) is 10.7. The van der Waals surface area contributed by atoms with E-state index in [0.29, 0.717) is 42.5 Å². The van der Waals surface area contributed by atoms with Crippen molar-refractivity contribution in [1.82, 2.24) is 15.1 Å². The Morgan fingerprint density at radius 1 is 0.938 bits per heavy atom. The van der Waals surface area contributed by atoms with E-state index in [1.165, 1.54) is 0 Å². The fourth-order valence-corrected chi connectivity index (χ4v) is 3.71. The van der Waals surface area contributed by atoms with E-state index in [0.717, 1.165) is 5.56 Å². The molecule has 2 N–H and O–H groups in total. The van der Waals surface area contributed by atoms with Gasteiger partial charge < -0.3 is 20.4 Å². The summed E-state index contributed by atoms with van der Waals surface area (Å²) < 4.78 is 0. The number of urea groups is 1. The summed E-state index contributed by atoms with van der Waals surface area (Å²) >= 11 is 6.13. The number of anilines is 1. The SMILES string of the molecule is Cc1ccc(NC(=O)N2CCN(C(=O)C(NC(=O)c3ccccc3)C(C)C)CC2)cc1Cl. The molecule has 0 bridgehead atoms. The van der Waals surface area contributed by atoms with Gasteiger partial charge in [-0.05, 0) is 42.7 Å². The summed E-state index contributed by atoms with van der Waals surface area (Å²) in [6, 6.07) is 13.4. The summed E-state index contributed by atoms with van der Waals surface area (Å²) in [5.74, 6) is -0.468. The van der Waals surface area contributed by atoms with Crippen LogP contribution in [-0.4, -0.2) is 59.9 Å². The number of piperazine rings is 1. The summed E-state index contributed by atoms with van der Waals surface area (Å²) in [7, 11) is 0. The van der Waals surface area contributed by atoms with Gasteiger partial charge in [-0.25, -0.2) is 4.79 Å². The van der Waals surface area contributed by atoms with E-state index in [1.807, 2.05) is 39.0 Å². The van der Waals surface area contributed by atoms with Crippen LogP contribution < -0.4 is 10.6 Å². The van der Waals surface area contributed by atoms with Gasteiger partial charge in [0, 0.05) is 42.5 Å². The molecule has 0 aliphatic carbocycles. The second-order valence-electron chi connectivity index (χ2n) is 8.27. The van der Waals surface area contributed by atoms with Crippen LogP contribution in [0.5, 0.6) is 0 Å². The van der Waals surface area contributed by atoms with Crippen LogP contribution in [0.3, 0.4) is 0 Å². The van der Waals surface area contributed by atoms with Crippen molar-refractivity contribution in [3.8, 4) is 0 Å². The third-order valence-electron chi connectivity index (χ3n) is 5.56. The van der Waals surface area contributed by atoms with E-state index in [-0.39, 0.29) is 23.8 Å². The summed E-state index contributed by atoms with van der Waals surface area (Å²) in [5.41, 5.74) is 2.09. The molecule has 32 heavy (non-hydrogen) atoms. The predicted molar refractivity (Wildman–Crippen MR) is 126 cm³/mol. The van der Waals surface area contributed by atoms with Crippen molar-refractivity contribution in [3.63, 3.8) is 0 Å². The van der Waals surface area contributed by atoms with Crippen LogP contribution >= 0.6 is 11.6 Å². The van der Waals surface area contributed by atoms with Crippen LogP contribution in [-0.2, 0) is 4.79 Å². The Bertz CT molecular complexity index is 972. The molecule has 1 unspecified atom stereocenters. The Hall–Kier alpha value is -3.06. The number of halogens is 1. The van der Waals surface area contributed by atoms with Crippen LogP contribution in [0.25, 0.3) is 0 Å². The number of aryl methyl sites for hydroxylation is 1. The van der Waals surface area contributed by atoms with Crippen LogP contribution in [0, 0.1) is 12.8 Å². The van der Waals surface area contributed by atoms with Crippen molar-refractivity contribution in [2.75, 3.05) is 31.5 Å². The number of amides is 4. The molecule has 8 heteroatoms. The van der Waals surface area contributed by atoms with E-state index < -0.39 is 6.04 Å². The second kappa shape index (κ2) is 10.5. The van der Waals surface area contributed by atoms with E-state index in [4.69, 9.17) is 11.6 Å². The van der Waals surface area contributed by atoms with E-state index >= 15 is 0 Å². The highest BCUT2D eigenvalue weighted by atomic mass is 35.5. The highest BCUT2D eigenvalue weighted by Crippen LogP contribution is 2.20. The molecule has 1 atom stereocenters. The minimum atomic E-state index is -0.627. The molecule has 1 fully saturated rings. The smallest absolute Gasteiger partial charge is 0.321 e. The van der Waals surface area contributed by atoms with Gasteiger partial charge in [-0.15, -0.1) is 0 Å². The number of carbonyl (C=O) groups excluding carboxylic acids is 3. The topological polar surface area (TPSA) is 81.8 Å². The molecule has 2 aromatic rings. The Balaban J connectivity index is 1.56. The number of nitrogens with zero attached hydrogens (tertiary/aromatic N) is 2. The van der Waals surface area contributed by atoms with Crippen molar-refractivity contribution in [1.29, 1.82) is 0 Å². The van der Waals surface area contributed by atoms with Crippen molar-refractivity contribution in [2.45, 2.75) is 26.8 Å². The predicted octanol–water partition coefficient (Wildman–Crippen LogP) is 3.78. The quantitative estimate of drug-likeness (QED) is 0.718. The Labute approximate surface area is 193 Å². The molecule has 170 valence electrons.